The lowest BCUT2D eigenvalue weighted by molar-refractivity contribution is -0.117. The first-order valence-electron chi connectivity index (χ1n) is 10.2. The number of methoxy groups -OCH3 is 1. The molecule has 3 aliphatic rings. The molecule has 0 bridgehead atoms. The third-order valence-electron chi connectivity index (χ3n) is 6.12. The minimum atomic E-state index is -0.429. The molecule has 0 saturated carbocycles. The molecule has 1 aromatic heterocycles. The summed E-state index contributed by atoms with van der Waals surface area (Å²) in [5.41, 5.74) is 4.70. The average molecular weight is 404 g/mol. The van der Waals surface area contributed by atoms with Gasteiger partial charge < -0.3 is 19.5 Å². The van der Waals surface area contributed by atoms with Crippen LogP contribution in [-0.2, 0) is 16.1 Å². The van der Waals surface area contributed by atoms with Crippen molar-refractivity contribution < 1.29 is 19.0 Å². The largest absolute Gasteiger partial charge is 0.497 e. The highest BCUT2D eigenvalue weighted by molar-refractivity contribution is 6.00. The van der Waals surface area contributed by atoms with Crippen LogP contribution in [0.2, 0.25) is 0 Å². The topological polar surface area (TPSA) is 69.7 Å². The highest BCUT2D eigenvalue weighted by Gasteiger charge is 2.45. The number of fused-ring (bicyclic) bond motifs is 3. The maximum Gasteiger partial charge on any atom is 0.247 e. The maximum atomic E-state index is 13.0. The van der Waals surface area contributed by atoms with Gasteiger partial charge in [0.05, 0.1) is 26.5 Å². The van der Waals surface area contributed by atoms with E-state index in [2.05, 4.69) is 10.3 Å². The van der Waals surface area contributed by atoms with Crippen LogP contribution in [0.25, 0.3) is 5.57 Å². The Kier molecular flexibility index (Phi) is 4.79. The Morgan fingerprint density at radius 1 is 1.20 bits per heavy atom. The van der Waals surface area contributed by atoms with E-state index in [9.17, 15) is 4.79 Å². The van der Waals surface area contributed by atoms with Crippen molar-refractivity contribution in [2.24, 2.45) is 0 Å². The lowest BCUT2D eigenvalue weighted by Gasteiger charge is -2.42. The van der Waals surface area contributed by atoms with Crippen LogP contribution in [-0.4, -0.2) is 36.8 Å². The molecule has 1 saturated heterocycles. The molecule has 1 aliphatic carbocycles. The number of amides is 1. The van der Waals surface area contributed by atoms with Crippen LogP contribution in [0.5, 0.6) is 11.5 Å². The zero-order chi connectivity index (χ0) is 20.6. The maximum absolute atomic E-state index is 13.0. The van der Waals surface area contributed by atoms with Crippen molar-refractivity contribution in [2.45, 2.75) is 31.4 Å². The van der Waals surface area contributed by atoms with Gasteiger partial charge in [0, 0.05) is 48.7 Å². The van der Waals surface area contributed by atoms with Gasteiger partial charge in [0.25, 0.3) is 0 Å². The van der Waals surface area contributed by atoms with Crippen LogP contribution in [0.3, 0.4) is 0 Å². The monoisotopic (exact) mass is 404 g/mol. The number of carbonyl (C=O) groups is 1. The summed E-state index contributed by atoms with van der Waals surface area (Å²) in [5.74, 6) is 1.56. The molecular formula is C24H24N2O4. The fourth-order valence-corrected chi connectivity index (χ4v) is 4.48. The summed E-state index contributed by atoms with van der Waals surface area (Å²) in [6.07, 6.45) is 7.74. The van der Waals surface area contributed by atoms with E-state index in [1.54, 1.807) is 19.5 Å². The molecule has 3 heterocycles. The zero-order valence-electron chi connectivity index (χ0n) is 16.9. The number of nitrogens with zero attached hydrogens (tertiary/aromatic N) is 1. The van der Waals surface area contributed by atoms with Crippen LogP contribution in [0.15, 0.2) is 59.9 Å². The Bertz CT molecular complexity index is 1030. The van der Waals surface area contributed by atoms with Crippen LogP contribution in [0, 0.1) is 0 Å². The Morgan fingerprint density at radius 3 is 2.77 bits per heavy atom. The second-order valence-corrected chi connectivity index (χ2v) is 7.85. The third-order valence-corrected chi connectivity index (χ3v) is 6.12. The second-order valence-electron chi connectivity index (χ2n) is 7.85. The van der Waals surface area contributed by atoms with Gasteiger partial charge in [-0.2, -0.15) is 0 Å². The third kappa shape index (κ3) is 3.27. The number of hydrogen-bond donors (Lipinski definition) is 1. The number of benzene rings is 1. The fraction of sp³-hybridized carbons (Fsp3) is 0.333. The molecule has 1 fully saturated rings. The molecule has 2 aromatic rings. The molecule has 6 nitrogen and oxygen atoms in total. The standard InChI is InChI=1S/C24H24N2O4/c1-28-18-4-2-16(3-5-18)14-26-23(27)17-12-20-19-6-9-25-15-22(19)30-24(21(20)13-17)7-10-29-11-8-24/h2-6,9,13,15H,7-8,10-12,14H2,1H3,(H,26,27). The highest BCUT2D eigenvalue weighted by Crippen LogP contribution is 2.50. The van der Waals surface area contributed by atoms with Crippen LogP contribution >= 0.6 is 0 Å². The van der Waals surface area contributed by atoms with E-state index in [0.29, 0.717) is 26.2 Å². The summed E-state index contributed by atoms with van der Waals surface area (Å²) in [6.45, 7) is 1.78. The second kappa shape index (κ2) is 7.61. The van der Waals surface area contributed by atoms with E-state index in [4.69, 9.17) is 14.2 Å². The van der Waals surface area contributed by atoms with Gasteiger partial charge in [-0.15, -0.1) is 0 Å². The number of ether oxygens (including phenoxy) is 3. The van der Waals surface area contributed by atoms with Crippen molar-refractivity contribution >= 4 is 11.5 Å². The first kappa shape index (κ1) is 18.9. The smallest absolute Gasteiger partial charge is 0.247 e. The summed E-state index contributed by atoms with van der Waals surface area (Å²) >= 11 is 0. The Balaban J connectivity index is 1.37. The SMILES string of the molecule is COc1ccc(CNC(=O)C2=CC3=C(C2)c2ccncc2OC32CCOCC2)cc1. The van der Waals surface area contributed by atoms with E-state index in [1.165, 1.54) is 5.57 Å². The molecule has 6 heteroatoms. The molecule has 154 valence electrons. The zero-order valence-corrected chi connectivity index (χ0v) is 16.9. The average Bonchev–Trinajstić information content (AvgIpc) is 3.26. The van der Waals surface area contributed by atoms with Crippen molar-refractivity contribution in [1.82, 2.24) is 10.3 Å². The Morgan fingerprint density at radius 2 is 2.00 bits per heavy atom. The highest BCUT2D eigenvalue weighted by atomic mass is 16.5. The first-order chi connectivity index (χ1) is 14.7. The summed E-state index contributed by atoms with van der Waals surface area (Å²) in [4.78, 5) is 17.2. The molecule has 1 aromatic carbocycles. The summed E-state index contributed by atoms with van der Waals surface area (Å²) in [5, 5.41) is 3.05. The van der Waals surface area contributed by atoms with Gasteiger partial charge >= 0.3 is 0 Å². The lowest BCUT2D eigenvalue weighted by Crippen LogP contribution is -2.45. The Labute approximate surface area is 175 Å². The lowest BCUT2D eigenvalue weighted by atomic mass is 9.80. The van der Waals surface area contributed by atoms with Crippen molar-refractivity contribution in [2.75, 3.05) is 20.3 Å². The van der Waals surface area contributed by atoms with E-state index in [0.717, 1.165) is 46.6 Å². The quantitative estimate of drug-likeness (QED) is 0.846. The minimum absolute atomic E-state index is 0.0435. The fourth-order valence-electron chi connectivity index (χ4n) is 4.48. The molecule has 0 unspecified atom stereocenters. The van der Waals surface area contributed by atoms with Gasteiger partial charge in [0.2, 0.25) is 5.91 Å². The van der Waals surface area contributed by atoms with Crippen LogP contribution < -0.4 is 14.8 Å². The van der Waals surface area contributed by atoms with Gasteiger partial charge in [-0.1, -0.05) is 12.1 Å². The van der Waals surface area contributed by atoms with Crippen molar-refractivity contribution in [3.8, 4) is 11.5 Å². The predicted molar refractivity (Wildman–Crippen MR) is 112 cm³/mol. The number of hydrogen-bond acceptors (Lipinski definition) is 5. The summed E-state index contributed by atoms with van der Waals surface area (Å²) in [6, 6.07) is 9.68. The number of nitrogens with one attached hydrogen (secondary N) is 1. The molecule has 1 spiro atoms. The first-order valence-corrected chi connectivity index (χ1v) is 10.2. The van der Waals surface area contributed by atoms with Crippen molar-refractivity contribution in [3.63, 3.8) is 0 Å². The number of pyridine rings is 1. The molecule has 1 N–H and O–H groups in total. The molecule has 1 amide bonds. The van der Waals surface area contributed by atoms with Crippen molar-refractivity contribution in [1.29, 1.82) is 0 Å². The normalized spacial score (nSPS) is 18.9. The van der Waals surface area contributed by atoms with Gasteiger partial charge in [0.1, 0.15) is 17.1 Å². The van der Waals surface area contributed by atoms with Gasteiger partial charge in [-0.3, -0.25) is 9.78 Å². The molecule has 0 radical (unpaired) electrons. The number of carbonyl (C=O) groups excluding carboxylic acids is 1. The van der Waals surface area contributed by atoms with E-state index >= 15 is 0 Å². The van der Waals surface area contributed by atoms with Crippen molar-refractivity contribution in [3.05, 3.63) is 71.1 Å². The summed E-state index contributed by atoms with van der Waals surface area (Å²) < 4.78 is 17.2. The molecule has 2 aliphatic heterocycles. The van der Waals surface area contributed by atoms with E-state index in [1.807, 2.05) is 36.4 Å². The Hall–Kier alpha value is -3.12. The van der Waals surface area contributed by atoms with E-state index in [-0.39, 0.29) is 5.91 Å². The number of aromatic nitrogens is 1. The van der Waals surface area contributed by atoms with E-state index < -0.39 is 5.60 Å². The minimum Gasteiger partial charge on any atom is -0.497 e. The van der Waals surface area contributed by atoms with Crippen LogP contribution in [0.4, 0.5) is 0 Å². The van der Waals surface area contributed by atoms with Crippen LogP contribution in [0.1, 0.15) is 30.4 Å². The van der Waals surface area contributed by atoms with Gasteiger partial charge in [0.15, 0.2) is 0 Å². The number of rotatable bonds is 4. The molecule has 30 heavy (non-hydrogen) atoms. The molecule has 5 rings (SSSR count). The number of allylic oxidation sites excluding steroid dienone is 1. The van der Waals surface area contributed by atoms with Gasteiger partial charge in [-0.25, -0.2) is 0 Å². The summed E-state index contributed by atoms with van der Waals surface area (Å²) in [7, 11) is 1.64. The molecule has 0 atom stereocenters. The van der Waals surface area contributed by atoms with Gasteiger partial charge in [-0.05, 0) is 35.4 Å². The molecular weight excluding hydrogens is 380 g/mol. The predicted octanol–water partition coefficient (Wildman–Crippen LogP) is 3.43.